The molecule has 0 unspecified atom stereocenters. The Hall–Kier alpha value is -2.04. The van der Waals surface area contributed by atoms with Gasteiger partial charge < -0.3 is 9.72 Å². The van der Waals surface area contributed by atoms with Crippen molar-refractivity contribution < 1.29 is 4.74 Å². The Morgan fingerprint density at radius 2 is 1.71 bits per heavy atom. The van der Waals surface area contributed by atoms with E-state index in [4.69, 9.17) is 27.9 Å². The normalized spacial score (nSPS) is 11.7. The standard InChI is InChI=1S/C18H16Cl2N2O2/c1-18(2,3)24-15-7-5-11(20)9-13(15)16-21-14-6-4-10(19)8-12(14)17(23)22-16/h4-9H,1-3H3,(H,21,22,23). The van der Waals surface area contributed by atoms with Gasteiger partial charge in [0, 0.05) is 10.0 Å². The smallest absolute Gasteiger partial charge is 0.259 e. The number of hydrogen-bond acceptors (Lipinski definition) is 3. The topological polar surface area (TPSA) is 55.0 Å². The van der Waals surface area contributed by atoms with Crippen molar-refractivity contribution in [1.82, 2.24) is 9.97 Å². The van der Waals surface area contributed by atoms with E-state index in [9.17, 15) is 4.79 Å². The molecule has 1 N–H and O–H groups in total. The molecule has 0 amide bonds. The molecule has 6 heteroatoms. The van der Waals surface area contributed by atoms with Crippen LogP contribution in [0, 0.1) is 0 Å². The van der Waals surface area contributed by atoms with E-state index in [0.29, 0.717) is 38.1 Å². The lowest BCUT2D eigenvalue weighted by Gasteiger charge is -2.23. The highest BCUT2D eigenvalue weighted by atomic mass is 35.5. The first-order valence-electron chi connectivity index (χ1n) is 7.41. The van der Waals surface area contributed by atoms with Crippen LogP contribution >= 0.6 is 23.2 Å². The molecule has 0 bridgehead atoms. The first kappa shape index (κ1) is 16.8. The van der Waals surface area contributed by atoms with Crippen LogP contribution in [0.5, 0.6) is 5.75 Å². The molecule has 0 aliphatic carbocycles. The molecule has 2 aromatic carbocycles. The van der Waals surface area contributed by atoms with Crippen LogP contribution in [-0.4, -0.2) is 15.6 Å². The van der Waals surface area contributed by atoms with Gasteiger partial charge in [0.15, 0.2) is 0 Å². The quantitative estimate of drug-likeness (QED) is 0.691. The third-order valence-corrected chi connectivity index (χ3v) is 3.75. The molecule has 0 aliphatic rings. The van der Waals surface area contributed by atoms with E-state index in [-0.39, 0.29) is 5.56 Å². The molecule has 3 rings (SSSR count). The van der Waals surface area contributed by atoms with Crippen LogP contribution in [0.1, 0.15) is 20.8 Å². The molecule has 0 radical (unpaired) electrons. The summed E-state index contributed by atoms with van der Waals surface area (Å²) in [7, 11) is 0. The summed E-state index contributed by atoms with van der Waals surface area (Å²) in [5, 5.41) is 1.46. The monoisotopic (exact) mass is 362 g/mol. The molecule has 3 aromatic rings. The highest BCUT2D eigenvalue weighted by Crippen LogP contribution is 2.33. The van der Waals surface area contributed by atoms with Crippen molar-refractivity contribution >= 4 is 34.1 Å². The van der Waals surface area contributed by atoms with Crippen molar-refractivity contribution in [2.45, 2.75) is 26.4 Å². The van der Waals surface area contributed by atoms with Crippen LogP contribution in [0.2, 0.25) is 10.0 Å². The van der Waals surface area contributed by atoms with E-state index >= 15 is 0 Å². The summed E-state index contributed by atoms with van der Waals surface area (Å²) < 4.78 is 5.97. The highest BCUT2D eigenvalue weighted by molar-refractivity contribution is 6.31. The Kier molecular flexibility index (Phi) is 4.28. The van der Waals surface area contributed by atoms with E-state index in [1.807, 2.05) is 20.8 Å². The van der Waals surface area contributed by atoms with Crippen LogP contribution in [-0.2, 0) is 0 Å². The molecule has 124 valence electrons. The van der Waals surface area contributed by atoms with E-state index in [1.165, 1.54) is 0 Å². The fourth-order valence-corrected chi connectivity index (χ4v) is 2.69. The average Bonchev–Trinajstić information content (AvgIpc) is 2.48. The van der Waals surface area contributed by atoms with Crippen molar-refractivity contribution in [3.63, 3.8) is 0 Å². The van der Waals surface area contributed by atoms with Gasteiger partial charge in [0.25, 0.3) is 5.56 Å². The van der Waals surface area contributed by atoms with Crippen LogP contribution in [0.3, 0.4) is 0 Å². The Labute approximate surface area is 149 Å². The zero-order chi connectivity index (χ0) is 17.5. The Bertz CT molecular complexity index is 975. The molecule has 0 atom stereocenters. The van der Waals surface area contributed by atoms with Gasteiger partial charge in [-0.3, -0.25) is 4.79 Å². The lowest BCUT2D eigenvalue weighted by molar-refractivity contribution is 0.131. The van der Waals surface area contributed by atoms with Crippen LogP contribution in [0.15, 0.2) is 41.2 Å². The maximum atomic E-state index is 12.4. The molecule has 1 aromatic heterocycles. The van der Waals surface area contributed by atoms with Crippen LogP contribution in [0.4, 0.5) is 0 Å². The maximum absolute atomic E-state index is 12.4. The van der Waals surface area contributed by atoms with Crippen LogP contribution < -0.4 is 10.3 Å². The minimum atomic E-state index is -0.396. The number of aromatic nitrogens is 2. The number of halogens is 2. The summed E-state index contributed by atoms with van der Waals surface area (Å²) in [5.41, 5.74) is 0.526. The molecular weight excluding hydrogens is 347 g/mol. The first-order valence-corrected chi connectivity index (χ1v) is 8.17. The number of hydrogen-bond donors (Lipinski definition) is 1. The molecule has 0 saturated carbocycles. The summed E-state index contributed by atoms with van der Waals surface area (Å²) in [6.07, 6.45) is 0. The lowest BCUT2D eigenvalue weighted by Crippen LogP contribution is -2.23. The fourth-order valence-electron chi connectivity index (χ4n) is 2.34. The number of H-pyrrole nitrogens is 1. The zero-order valence-corrected chi connectivity index (χ0v) is 15.0. The summed E-state index contributed by atoms with van der Waals surface area (Å²) >= 11 is 12.1. The van der Waals surface area contributed by atoms with Gasteiger partial charge in [0.05, 0.1) is 16.5 Å². The number of fused-ring (bicyclic) bond motifs is 1. The number of nitrogens with zero attached hydrogens (tertiary/aromatic N) is 1. The van der Waals surface area contributed by atoms with E-state index < -0.39 is 5.60 Å². The number of benzene rings is 2. The van der Waals surface area contributed by atoms with Gasteiger partial charge in [0.1, 0.15) is 17.2 Å². The second-order valence-corrected chi connectivity index (χ2v) is 7.30. The second-order valence-electron chi connectivity index (χ2n) is 6.43. The maximum Gasteiger partial charge on any atom is 0.259 e. The minimum Gasteiger partial charge on any atom is -0.487 e. The molecule has 0 saturated heterocycles. The van der Waals surface area contributed by atoms with Crippen molar-refractivity contribution in [2.24, 2.45) is 0 Å². The van der Waals surface area contributed by atoms with Gasteiger partial charge in [-0.25, -0.2) is 4.98 Å². The zero-order valence-electron chi connectivity index (χ0n) is 13.5. The van der Waals surface area contributed by atoms with Crippen molar-refractivity contribution in [3.8, 4) is 17.1 Å². The average molecular weight is 363 g/mol. The second kappa shape index (κ2) is 6.11. The Morgan fingerprint density at radius 3 is 2.42 bits per heavy atom. The molecular formula is C18H16Cl2N2O2. The van der Waals surface area contributed by atoms with Crippen molar-refractivity contribution in [3.05, 3.63) is 56.8 Å². The molecule has 1 heterocycles. The van der Waals surface area contributed by atoms with Gasteiger partial charge >= 0.3 is 0 Å². The van der Waals surface area contributed by atoms with Gasteiger partial charge in [0.2, 0.25) is 0 Å². The molecule has 24 heavy (non-hydrogen) atoms. The molecule has 4 nitrogen and oxygen atoms in total. The number of aromatic amines is 1. The van der Waals surface area contributed by atoms with E-state index in [0.717, 1.165) is 0 Å². The summed E-state index contributed by atoms with van der Waals surface area (Å²) in [6, 6.07) is 10.2. The number of rotatable bonds is 2. The first-order chi connectivity index (χ1) is 11.2. The number of nitrogens with one attached hydrogen (secondary N) is 1. The third-order valence-electron chi connectivity index (χ3n) is 3.28. The van der Waals surface area contributed by atoms with Gasteiger partial charge in [-0.05, 0) is 57.2 Å². The number of ether oxygens (including phenoxy) is 1. The van der Waals surface area contributed by atoms with E-state index in [1.54, 1.807) is 36.4 Å². The predicted molar refractivity (Wildman–Crippen MR) is 98.2 cm³/mol. The van der Waals surface area contributed by atoms with E-state index in [2.05, 4.69) is 9.97 Å². The fraction of sp³-hybridized carbons (Fsp3) is 0.222. The van der Waals surface area contributed by atoms with Crippen molar-refractivity contribution in [2.75, 3.05) is 0 Å². The van der Waals surface area contributed by atoms with Gasteiger partial charge in [-0.2, -0.15) is 0 Å². The highest BCUT2D eigenvalue weighted by Gasteiger charge is 2.18. The summed E-state index contributed by atoms with van der Waals surface area (Å²) in [6.45, 7) is 5.85. The summed E-state index contributed by atoms with van der Waals surface area (Å²) in [5.74, 6) is 1.000. The summed E-state index contributed by atoms with van der Waals surface area (Å²) in [4.78, 5) is 19.7. The van der Waals surface area contributed by atoms with Crippen LogP contribution in [0.25, 0.3) is 22.3 Å². The predicted octanol–water partition coefficient (Wildman–Crippen LogP) is 5.07. The Morgan fingerprint density at radius 1 is 1.04 bits per heavy atom. The third kappa shape index (κ3) is 3.55. The van der Waals surface area contributed by atoms with Gasteiger partial charge in [-0.1, -0.05) is 23.2 Å². The lowest BCUT2D eigenvalue weighted by atomic mass is 10.1. The Balaban J connectivity index is 2.22. The van der Waals surface area contributed by atoms with Crippen molar-refractivity contribution in [1.29, 1.82) is 0 Å². The molecule has 0 spiro atoms. The SMILES string of the molecule is CC(C)(C)Oc1ccc(Cl)cc1-c1nc2ccc(Cl)cc2c(=O)[nH]1. The largest absolute Gasteiger partial charge is 0.487 e. The molecule has 0 aliphatic heterocycles. The minimum absolute atomic E-state index is 0.265. The van der Waals surface area contributed by atoms with Gasteiger partial charge in [-0.15, -0.1) is 0 Å². The molecule has 0 fully saturated rings.